The first kappa shape index (κ1) is 17.2. The largest absolute Gasteiger partial charge is 0.326 e. The fourth-order valence-corrected chi connectivity index (χ4v) is 3.40. The molecular formula is C19H19N3O2S. The van der Waals surface area contributed by atoms with E-state index < -0.39 is 5.25 Å². The normalized spacial score (nSPS) is 18.2. The molecule has 0 saturated carbocycles. The summed E-state index contributed by atoms with van der Waals surface area (Å²) in [5.74, 6) is -0.366. The van der Waals surface area contributed by atoms with Gasteiger partial charge in [0.1, 0.15) is 5.25 Å². The minimum Gasteiger partial charge on any atom is -0.326 e. The van der Waals surface area contributed by atoms with Gasteiger partial charge in [-0.05, 0) is 37.6 Å². The molecule has 1 fully saturated rings. The van der Waals surface area contributed by atoms with Gasteiger partial charge < -0.3 is 10.6 Å². The van der Waals surface area contributed by atoms with Gasteiger partial charge >= 0.3 is 0 Å². The van der Waals surface area contributed by atoms with Crippen molar-refractivity contribution >= 4 is 40.1 Å². The predicted octanol–water partition coefficient (Wildman–Crippen LogP) is 3.55. The Balaban J connectivity index is 1.62. The van der Waals surface area contributed by atoms with E-state index >= 15 is 0 Å². The third-order valence-electron chi connectivity index (χ3n) is 3.83. The van der Waals surface area contributed by atoms with Crippen LogP contribution in [0.3, 0.4) is 0 Å². The molecule has 25 heavy (non-hydrogen) atoms. The standard InChI is InChI=1S/C19H19N3O2S/c1-12-7-9-14(10-8-12)20-19-22-18(24)16(25-19)11-17(23)21-15-6-4-3-5-13(15)2/h3-10,16H,11H2,1-2H3,(H,21,23)(H,20,22,24)/t16-/m0/s1. The summed E-state index contributed by atoms with van der Waals surface area (Å²) >= 11 is 1.29. The van der Waals surface area contributed by atoms with Crippen LogP contribution in [0, 0.1) is 13.8 Å². The minimum absolute atomic E-state index is 0.109. The smallest absolute Gasteiger partial charge is 0.240 e. The second-order valence-electron chi connectivity index (χ2n) is 5.92. The van der Waals surface area contributed by atoms with Crippen LogP contribution in [0.2, 0.25) is 0 Å². The van der Waals surface area contributed by atoms with Crippen molar-refractivity contribution in [2.45, 2.75) is 25.5 Å². The van der Waals surface area contributed by atoms with Crippen LogP contribution in [0.15, 0.2) is 53.5 Å². The van der Waals surface area contributed by atoms with Crippen molar-refractivity contribution in [2.75, 3.05) is 5.32 Å². The summed E-state index contributed by atoms with van der Waals surface area (Å²) in [6.45, 7) is 3.94. The Bertz CT molecular complexity index is 831. The van der Waals surface area contributed by atoms with Crippen LogP contribution in [0.4, 0.5) is 11.4 Å². The highest BCUT2D eigenvalue weighted by Gasteiger charge is 2.32. The number of nitrogens with zero attached hydrogens (tertiary/aromatic N) is 1. The van der Waals surface area contributed by atoms with Crippen molar-refractivity contribution < 1.29 is 9.59 Å². The first-order valence-electron chi connectivity index (χ1n) is 7.99. The number of carbonyl (C=O) groups is 2. The highest BCUT2D eigenvalue weighted by atomic mass is 32.2. The maximum absolute atomic E-state index is 12.2. The molecule has 1 atom stereocenters. The van der Waals surface area contributed by atoms with Gasteiger partial charge in [-0.15, -0.1) is 0 Å². The highest BCUT2D eigenvalue weighted by molar-refractivity contribution is 8.15. The molecule has 0 unspecified atom stereocenters. The molecule has 1 aliphatic heterocycles. The number of para-hydroxylation sites is 1. The lowest BCUT2D eigenvalue weighted by Crippen LogP contribution is -2.28. The van der Waals surface area contributed by atoms with Crippen LogP contribution in [-0.4, -0.2) is 22.2 Å². The topological polar surface area (TPSA) is 70.6 Å². The molecule has 0 spiro atoms. The summed E-state index contributed by atoms with van der Waals surface area (Å²) in [5.41, 5.74) is 3.68. The van der Waals surface area contributed by atoms with Gasteiger partial charge in [0.25, 0.3) is 0 Å². The summed E-state index contributed by atoms with van der Waals surface area (Å²) in [6, 6.07) is 15.3. The molecule has 1 heterocycles. The van der Waals surface area contributed by atoms with Crippen molar-refractivity contribution in [1.29, 1.82) is 0 Å². The number of rotatable bonds is 4. The third-order valence-corrected chi connectivity index (χ3v) is 4.91. The van der Waals surface area contributed by atoms with Gasteiger partial charge in [-0.25, -0.2) is 4.99 Å². The molecule has 0 aromatic heterocycles. The predicted molar refractivity (Wildman–Crippen MR) is 102 cm³/mol. The number of thioether (sulfide) groups is 1. The third kappa shape index (κ3) is 4.48. The fourth-order valence-electron chi connectivity index (χ4n) is 2.41. The Morgan fingerprint density at radius 3 is 2.60 bits per heavy atom. The molecule has 2 amide bonds. The van der Waals surface area contributed by atoms with Crippen LogP contribution >= 0.6 is 11.8 Å². The van der Waals surface area contributed by atoms with Gasteiger partial charge in [0.2, 0.25) is 11.8 Å². The molecule has 0 bridgehead atoms. The van der Waals surface area contributed by atoms with Crippen molar-refractivity contribution in [3.05, 3.63) is 59.7 Å². The Hall–Kier alpha value is -2.60. The van der Waals surface area contributed by atoms with Gasteiger partial charge in [-0.2, -0.15) is 0 Å². The molecular weight excluding hydrogens is 334 g/mol. The van der Waals surface area contributed by atoms with Crippen LogP contribution in [0.5, 0.6) is 0 Å². The van der Waals surface area contributed by atoms with E-state index in [4.69, 9.17) is 0 Å². The summed E-state index contributed by atoms with van der Waals surface area (Å²) in [7, 11) is 0. The monoisotopic (exact) mass is 353 g/mol. The number of anilines is 1. The van der Waals surface area contributed by atoms with E-state index in [1.54, 1.807) is 0 Å². The van der Waals surface area contributed by atoms with Crippen LogP contribution in [0.1, 0.15) is 17.5 Å². The molecule has 6 heteroatoms. The lowest BCUT2D eigenvalue weighted by atomic mass is 10.2. The van der Waals surface area contributed by atoms with Gasteiger partial charge in [-0.1, -0.05) is 47.7 Å². The number of hydrogen-bond donors (Lipinski definition) is 2. The second-order valence-corrected chi connectivity index (χ2v) is 7.11. The summed E-state index contributed by atoms with van der Waals surface area (Å²) in [5, 5.41) is 5.66. The molecule has 2 N–H and O–H groups in total. The Morgan fingerprint density at radius 1 is 1.16 bits per heavy atom. The lowest BCUT2D eigenvalue weighted by Gasteiger charge is -2.09. The highest BCUT2D eigenvalue weighted by Crippen LogP contribution is 2.26. The molecule has 5 nitrogen and oxygen atoms in total. The number of amidine groups is 1. The minimum atomic E-state index is -0.465. The summed E-state index contributed by atoms with van der Waals surface area (Å²) in [4.78, 5) is 28.7. The van der Waals surface area contributed by atoms with E-state index in [1.807, 2.05) is 62.4 Å². The Labute approximate surface area is 150 Å². The summed E-state index contributed by atoms with van der Waals surface area (Å²) in [6.07, 6.45) is 0.109. The van der Waals surface area contributed by atoms with E-state index in [9.17, 15) is 9.59 Å². The van der Waals surface area contributed by atoms with Crippen molar-refractivity contribution in [1.82, 2.24) is 5.32 Å². The lowest BCUT2D eigenvalue weighted by molar-refractivity contribution is -0.122. The fraction of sp³-hybridized carbons (Fsp3) is 0.211. The van der Waals surface area contributed by atoms with E-state index in [1.165, 1.54) is 11.8 Å². The zero-order chi connectivity index (χ0) is 17.8. The zero-order valence-corrected chi connectivity index (χ0v) is 14.9. The first-order chi connectivity index (χ1) is 12.0. The number of aliphatic imine (C=N–C) groups is 1. The van der Waals surface area contributed by atoms with Gasteiger partial charge in [0, 0.05) is 12.1 Å². The van der Waals surface area contributed by atoms with Crippen LogP contribution in [-0.2, 0) is 9.59 Å². The number of nitrogens with one attached hydrogen (secondary N) is 2. The van der Waals surface area contributed by atoms with Gasteiger partial charge in [0.05, 0.1) is 5.69 Å². The molecule has 2 aromatic carbocycles. The van der Waals surface area contributed by atoms with E-state index in [2.05, 4.69) is 15.6 Å². The van der Waals surface area contributed by atoms with Crippen LogP contribution in [0.25, 0.3) is 0 Å². The molecule has 1 saturated heterocycles. The molecule has 3 rings (SSSR count). The number of amides is 2. The SMILES string of the molecule is Cc1ccc(N=C2NC(=O)[C@H](CC(=O)Nc3ccccc3C)S2)cc1. The number of hydrogen-bond acceptors (Lipinski definition) is 4. The molecule has 128 valence electrons. The molecule has 0 radical (unpaired) electrons. The quantitative estimate of drug-likeness (QED) is 0.883. The Kier molecular flexibility index (Phi) is 5.19. The van der Waals surface area contributed by atoms with Crippen molar-refractivity contribution in [3.63, 3.8) is 0 Å². The van der Waals surface area contributed by atoms with Gasteiger partial charge in [-0.3, -0.25) is 9.59 Å². The first-order valence-corrected chi connectivity index (χ1v) is 8.87. The van der Waals surface area contributed by atoms with Gasteiger partial charge in [0.15, 0.2) is 5.17 Å². The summed E-state index contributed by atoms with van der Waals surface area (Å²) < 4.78 is 0. The zero-order valence-electron chi connectivity index (χ0n) is 14.1. The number of aryl methyl sites for hydroxylation is 2. The van der Waals surface area contributed by atoms with Crippen LogP contribution < -0.4 is 10.6 Å². The van der Waals surface area contributed by atoms with Crippen molar-refractivity contribution in [3.8, 4) is 0 Å². The molecule has 0 aliphatic carbocycles. The average Bonchev–Trinajstić information content (AvgIpc) is 2.91. The Morgan fingerprint density at radius 2 is 1.88 bits per heavy atom. The molecule has 2 aromatic rings. The maximum Gasteiger partial charge on any atom is 0.240 e. The number of benzene rings is 2. The van der Waals surface area contributed by atoms with E-state index in [-0.39, 0.29) is 18.2 Å². The maximum atomic E-state index is 12.2. The van der Waals surface area contributed by atoms with E-state index in [0.29, 0.717) is 5.17 Å². The van der Waals surface area contributed by atoms with Crippen molar-refractivity contribution in [2.24, 2.45) is 4.99 Å². The average molecular weight is 353 g/mol. The van der Waals surface area contributed by atoms with E-state index in [0.717, 1.165) is 22.5 Å². The number of carbonyl (C=O) groups excluding carboxylic acids is 2. The second kappa shape index (κ2) is 7.53. The molecule has 1 aliphatic rings.